The fourth-order valence-corrected chi connectivity index (χ4v) is 1.97. The van der Waals surface area contributed by atoms with Gasteiger partial charge in [-0.05, 0) is 24.1 Å². The second kappa shape index (κ2) is 8.15. The number of carbonyl (C=O) groups is 1. The van der Waals surface area contributed by atoms with Crippen molar-refractivity contribution in [2.45, 2.75) is 19.9 Å². The van der Waals surface area contributed by atoms with Crippen molar-refractivity contribution in [2.75, 3.05) is 19.7 Å². The third kappa shape index (κ3) is 6.05. The zero-order valence-electron chi connectivity index (χ0n) is 11.1. The van der Waals surface area contributed by atoms with Gasteiger partial charge in [0, 0.05) is 31.3 Å². The zero-order valence-corrected chi connectivity index (χ0v) is 11.8. The van der Waals surface area contributed by atoms with E-state index in [2.05, 4.69) is 0 Å². The van der Waals surface area contributed by atoms with Crippen LogP contribution in [-0.2, 0) is 11.3 Å². The normalized spacial score (nSPS) is 12.6. The standard InChI is InChI=1S/C14H20ClNO3/c1-11(14(18)19)9-16(7-2-8-17)10-12-3-5-13(15)6-4-12/h3-6,11,17H,2,7-10H2,1H3,(H,18,19). The van der Waals surface area contributed by atoms with E-state index >= 15 is 0 Å². The molecule has 2 N–H and O–H groups in total. The summed E-state index contributed by atoms with van der Waals surface area (Å²) >= 11 is 5.83. The molecule has 0 heterocycles. The molecule has 0 aliphatic heterocycles. The number of nitrogens with zero attached hydrogens (tertiary/aromatic N) is 1. The van der Waals surface area contributed by atoms with E-state index in [0.29, 0.717) is 31.1 Å². The van der Waals surface area contributed by atoms with Crippen molar-refractivity contribution in [2.24, 2.45) is 5.92 Å². The molecule has 1 aromatic rings. The van der Waals surface area contributed by atoms with Gasteiger partial charge in [-0.1, -0.05) is 30.7 Å². The van der Waals surface area contributed by atoms with Gasteiger partial charge in [-0.15, -0.1) is 0 Å². The molecule has 0 radical (unpaired) electrons. The summed E-state index contributed by atoms with van der Waals surface area (Å²) in [5.41, 5.74) is 1.08. The third-order valence-electron chi connectivity index (χ3n) is 2.91. The first-order chi connectivity index (χ1) is 9.02. The monoisotopic (exact) mass is 285 g/mol. The van der Waals surface area contributed by atoms with E-state index < -0.39 is 11.9 Å². The van der Waals surface area contributed by atoms with Crippen LogP contribution < -0.4 is 0 Å². The Morgan fingerprint density at radius 2 is 2.00 bits per heavy atom. The van der Waals surface area contributed by atoms with Crippen LogP contribution in [0.3, 0.4) is 0 Å². The molecule has 0 spiro atoms. The smallest absolute Gasteiger partial charge is 0.307 e. The maximum atomic E-state index is 10.9. The van der Waals surface area contributed by atoms with Crippen LogP contribution in [0.5, 0.6) is 0 Å². The van der Waals surface area contributed by atoms with Crippen molar-refractivity contribution >= 4 is 17.6 Å². The number of benzene rings is 1. The van der Waals surface area contributed by atoms with Crippen molar-refractivity contribution in [3.05, 3.63) is 34.9 Å². The zero-order chi connectivity index (χ0) is 14.3. The number of aliphatic hydroxyl groups excluding tert-OH is 1. The van der Waals surface area contributed by atoms with Gasteiger partial charge in [-0.3, -0.25) is 9.69 Å². The summed E-state index contributed by atoms with van der Waals surface area (Å²) in [6, 6.07) is 7.50. The molecule has 1 unspecified atom stereocenters. The number of aliphatic hydroxyl groups is 1. The average Bonchev–Trinajstić information content (AvgIpc) is 2.38. The average molecular weight is 286 g/mol. The van der Waals surface area contributed by atoms with E-state index in [4.69, 9.17) is 21.8 Å². The van der Waals surface area contributed by atoms with Crippen LogP contribution in [0.2, 0.25) is 5.02 Å². The molecule has 106 valence electrons. The minimum Gasteiger partial charge on any atom is -0.481 e. The second-order valence-electron chi connectivity index (χ2n) is 4.68. The van der Waals surface area contributed by atoms with Crippen LogP contribution in [0, 0.1) is 5.92 Å². The van der Waals surface area contributed by atoms with Gasteiger partial charge in [0.1, 0.15) is 0 Å². The predicted molar refractivity (Wildman–Crippen MR) is 75.2 cm³/mol. The second-order valence-corrected chi connectivity index (χ2v) is 5.11. The minimum atomic E-state index is -0.801. The number of hydrogen-bond acceptors (Lipinski definition) is 3. The maximum absolute atomic E-state index is 10.9. The van der Waals surface area contributed by atoms with Gasteiger partial charge in [0.25, 0.3) is 0 Å². The van der Waals surface area contributed by atoms with Gasteiger partial charge in [0.2, 0.25) is 0 Å². The van der Waals surface area contributed by atoms with Gasteiger partial charge >= 0.3 is 5.97 Å². The van der Waals surface area contributed by atoms with Crippen LogP contribution >= 0.6 is 11.6 Å². The van der Waals surface area contributed by atoms with Crippen LogP contribution in [0.25, 0.3) is 0 Å². The molecular weight excluding hydrogens is 266 g/mol. The molecule has 1 atom stereocenters. The number of halogens is 1. The van der Waals surface area contributed by atoms with E-state index in [1.165, 1.54) is 0 Å². The number of carboxylic acids is 1. The quantitative estimate of drug-likeness (QED) is 0.769. The third-order valence-corrected chi connectivity index (χ3v) is 3.16. The molecule has 0 bridgehead atoms. The molecular formula is C14H20ClNO3. The van der Waals surface area contributed by atoms with Crippen LogP contribution in [-0.4, -0.2) is 40.8 Å². The lowest BCUT2D eigenvalue weighted by Gasteiger charge is -2.24. The van der Waals surface area contributed by atoms with Crippen molar-refractivity contribution in [1.82, 2.24) is 4.90 Å². The molecule has 0 aliphatic rings. The van der Waals surface area contributed by atoms with E-state index in [9.17, 15) is 4.79 Å². The highest BCUT2D eigenvalue weighted by Crippen LogP contribution is 2.13. The Balaban J connectivity index is 2.62. The molecule has 0 saturated heterocycles. The van der Waals surface area contributed by atoms with E-state index in [-0.39, 0.29) is 6.61 Å². The largest absolute Gasteiger partial charge is 0.481 e. The number of aliphatic carboxylic acids is 1. The van der Waals surface area contributed by atoms with Gasteiger partial charge in [-0.2, -0.15) is 0 Å². The minimum absolute atomic E-state index is 0.110. The van der Waals surface area contributed by atoms with Crippen molar-refractivity contribution in [3.8, 4) is 0 Å². The molecule has 0 aliphatic carbocycles. The SMILES string of the molecule is CC(CN(CCCO)Cc1ccc(Cl)cc1)C(=O)O. The Kier molecular flexibility index (Phi) is 6.84. The number of hydrogen-bond donors (Lipinski definition) is 2. The fourth-order valence-electron chi connectivity index (χ4n) is 1.84. The van der Waals surface area contributed by atoms with E-state index in [0.717, 1.165) is 5.56 Å². The molecule has 5 heteroatoms. The highest BCUT2D eigenvalue weighted by Gasteiger charge is 2.16. The Labute approximate surface area is 118 Å². The van der Waals surface area contributed by atoms with Gasteiger partial charge in [-0.25, -0.2) is 0 Å². The highest BCUT2D eigenvalue weighted by atomic mass is 35.5. The Morgan fingerprint density at radius 3 is 2.53 bits per heavy atom. The fraction of sp³-hybridized carbons (Fsp3) is 0.500. The first-order valence-corrected chi connectivity index (χ1v) is 6.71. The summed E-state index contributed by atoms with van der Waals surface area (Å²) in [6.07, 6.45) is 0.639. The van der Waals surface area contributed by atoms with Crippen molar-refractivity contribution in [1.29, 1.82) is 0 Å². The van der Waals surface area contributed by atoms with Crippen LogP contribution in [0.4, 0.5) is 0 Å². The summed E-state index contributed by atoms with van der Waals surface area (Å²) in [6.45, 7) is 3.61. The molecule has 19 heavy (non-hydrogen) atoms. The van der Waals surface area contributed by atoms with Crippen LogP contribution in [0.15, 0.2) is 24.3 Å². The van der Waals surface area contributed by atoms with Gasteiger partial charge in [0.15, 0.2) is 0 Å². The lowest BCUT2D eigenvalue weighted by atomic mass is 10.1. The summed E-state index contributed by atoms with van der Waals surface area (Å²) < 4.78 is 0. The van der Waals surface area contributed by atoms with Gasteiger partial charge in [0.05, 0.1) is 5.92 Å². The number of carboxylic acid groups (broad SMARTS) is 1. The summed E-state index contributed by atoms with van der Waals surface area (Å²) in [5, 5.41) is 18.6. The topological polar surface area (TPSA) is 60.8 Å². The van der Waals surface area contributed by atoms with Crippen molar-refractivity contribution in [3.63, 3.8) is 0 Å². The van der Waals surface area contributed by atoms with Gasteiger partial charge < -0.3 is 10.2 Å². The van der Waals surface area contributed by atoms with E-state index in [1.54, 1.807) is 6.92 Å². The molecule has 0 aromatic heterocycles. The lowest BCUT2D eigenvalue weighted by Crippen LogP contribution is -2.32. The molecule has 4 nitrogen and oxygen atoms in total. The number of rotatable bonds is 8. The first-order valence-electron chi connectivity index (χ1n) is 6.33. The van der Waals surface area contributed by atoms with Crippen LogP contribution in [0.1, 0.15) is 18.9 Å². The lowest BCUT2D eigenvalue weighted by molar-refractivity contribution is -0.141. The maximum Gasteiger partial charge on any atom is 0.307 e. The Bertz CT molecular complexity index is 394. The summed E-state index contributed by atoms with van der Waals surface area (Å²) in [4.78, 5) is 13.0. The Morgan fingerprint density at radius 1 is 1.37 bits per heavy atom. The predicted octanol–water partition coefficient (Wildman–Crippen LogP) is 2.25. The summed E-state index contributed by atoms with van der Waals surface area (Å²) in [7, 11) is 0. The van der Waals surface area contributed by atoms with Crippen molar-refractivity contribution < 1.29 is 15.0 Å². The molecule has 0 fully saturated rings. The molecule has 0 saturated carbocycles. The molecule has 0 amide bonds. The summed E-state index contributed by atoms with van der Waals surface area (Å²) in [5.74, 6) is -1.23. The molecule has 1 aromatic carbocycles. The molecule has 1 rings (SSSR count). The first kappa shape index (κ1) is 16.0. The highest BCUT2D eigenvalue weighted by molar-refractivity contribution is 6.30. The van der Waals surface area contributed by atoms with E-state index in [1.807, 2.05) is 29.2 Å². The Hall–Kier alpha value is -1.10.